The number of aromatic amines is 1. The lowest BCUT2D eigenvalue weighted by atomic mass is 9.97. The number of likely N-dealkylation sites (tertiary alicyclic amines) is 1. The third-order valence-electron chi connectivity index (χ3n) is 4.30. The second-order valence-electron chi connectivity index (χ2n) is 5.99. The Labute approximate surface area is 138 Å². The number of aromatic nitrogens is 2. The average Bonchev–Trinajstić information content (AvgIpc) is 2.59. The molecule has 8 heteroatoms. The molecule has 2 aromatic rings. The fourth-order valence-corrected chi connectivity index (χ4v) is 2.79. The van der Waals surface area contributed by atoms with Crippen molar-refractivity contribution >= 4 is 22.8 Å². The van der Waals surface area contributed by atoms with E-state index < -0.39 is 6.10 Å². The van der Waals surface area contributed by atoms with Gasteiger partial charge in [0.2, 0.25) is 11.3 Å². The highest BCUT2D eigenvalue weighted by Crippen LogP contribution is 2.18. The van der Waals surface area contributed by atoms with Crippen molar-refractivity contribution in [3.8, 4) is 5.88 Å². The molecule has 0 spiro atoms. The predicted molar refractivity (Wildman–Crippen MR) is 89.3 cm³/mol. The molecule has 3 heterocycles. The molecule has 3 N–H and O–H groups in total. The summed E-state index contributed by atoms with van der Waals surface area (Å²) in [6, 6.07) is 2.99. The minimum atomic E-state index is -0.394. The Bertz CT molecular complexity index is 819. The van der Waals surface area contributed by atoms with Crippen molar-refractivity contribution in [1.82, 2.24) is 14.9 Å². The van der Waals surface area contributed by atoms with Gasteiger partial charge < -0.3 is 25.0 Å². The maximum Gasteiger partial charge on any atom is 0.322 e. The van der Waals surface area contributed by atoms with Crippen LogP contribution in [-0.2, 0) is 0 Å². The smallest absolute Gasteiger partial charge is 0.322 e. The quantitative estimate of drug-likeness (QED) is 0.765. The van der Waals surface area contributed by atoms with Crippen LogP contribution in [0.2, 0.25) is 0 Å². The number of ether oxygens (including phenoxy) is 1. The first-order valence-corrected chi connectivity index (χ1v) is 7.80. The summed E-state index contributed by atoms with van der Waals surface area (Å²) in [4.78, 5) is 33.6. The maximum absolute atomic E-state index is 12.5. The molecular weight excluding hydrogens is 312 g/mol. The number of hydrogen-bond donors (Lipinski definition) is 3. The van der Waals surface area contributed by atoms with E-state index in [9.17, 15) is 14.7 Å². The van der Waals surface area contributed by atoms with Crippen LogP contribution < -0.4 is 15.5 Å². The van der Waals surface area contributed by atoms with Gasteiger partial charge in [0.25, 0.3) is 0 Å². The largest absolute Gasteiger partial charge is 0.481 e. The number of H-pyrrole nitrogens is 1. The molecule has 2 amide bonds. The van der Waals surface area contributed by atoms with E-state index in [1.807, 2.05) is 6.92 Å². The minimum absolute atomic E-state index is 0.00492. The monoisotopic (exact) mass is 332 g/mol. The number of methoxy groups -OCH3 is 1. The molecule has 24 heavy (non-hydrogen) atoms. The third-order valence-corrected chi connectivity index (χ3v) is 4.30. The number of carbonyl (C=O) groups is 1. The number of anilines is 1. The number of piperidine rings is 1. The van der Waals surface area contributed by atoms with Crippen LogP contribution in [0.15, 0.2) is 23.1 Å². The molecule has 3 rings (SSSR count). The molecule has 0 bridgehead atoms. The van der Waals surface area contributed by atoms with Gasteiger partial charge >= 0.3 is 6.03 Å². The first-order valence-electron chi connectivity index (χ1n) is 7.80. The SMILES string of the molecule is COc1ccc2[nH]cc(NC(=O)N3CC[C@@H](O)[C@@H](C)C3)c(=O)c2n1. The van der Waals surface area contributed by atoms with Crippen LogP contribution in [0.4, 0.5) is 10.5 Å². The summed E-state index contributed by atoms with van der Waals surface area (Å²) in [5, 5.41) is 12.4. The van der Waals surface area contributed by atoms with Crippen LogP contribution in [0.3, 0.4) is 0 Å². The van der Waals surface area contributed by atoms with E-state index in [1.54, 1.807) is 17.0 Å². The van der Waals surface area contributed by atoms with Crippen molar-refractivity contribution in [3.05, 3.63) is 28.6 Å². The Hall–Kier alpha value is -2.61. The van der Waals surface area contributed by atoms with Gasteiger partial charge in [-0.15, -0.1) is 0 Å². The van der Waals surface area contributed by atoms with Crippen LogP contribution in [0.25, 0.3) is 11.0 Å². The van der Waals surface area contributed by atoms with Crippen molar-refractivity contribution in [2.24, 2.45) is 5.92 Å². The molecule has 2 atom stereocenters. The molecule has 0 radical (unpaired) electrons. The first kappa shape index (κ1) is 16.3. The Morgan fingerprint density at radius 2 is 2.29 bits per heavy atom. The highest BCUT2D eigenvalue weighted by molar-refractivity contribution is 5.91. The molecule has 1 aliphatic heterocycles. The molecule has 0 unspecified atom stereocenters. The summed E-state index contributed by atoms with van der Waals surface area (Å²) in [5.74, 6) is 0.334. The molecule has 0 aromatic carbocycles. The molecule has 0 aliphatic carbocycles. The number of nitrogens with zero attached hydrogens (tertiary/aromatic N) is 2. The predicted octanol–water partition coefficient (Wildman–Crippen LogP) is 1.17. The van der Waals surface area contributed by atoms with E-state index in [-0.39, 0.29) is 28.6 Å². The van der Waals surface area contributed by atoms with E-state index in [0.29, 0.717) is 30.9 Å². The van der Waals surface area contributed by atoms with Gasteiger partial charge in [0.1, 0.15) is 11.2 Å². The Kier molecular flexibility index (Phi) is 4.39. The van der Waals surface area contributed by atoms with Crippen molar-refractivity contribution < 1.29 is 14.6 Å². The third kappa shape index (κ3) is 3.05. The number of carbonyl (C=O) groups excluding carboxylic acids is 1. The Balaban J connectivity index is 1.83. The topological polar surface area (TPSA) is 108 Å². The van der Waals surface area contributed by atoms with Crippen molar-refractivity contribution in [2.45, 2.75) is 19.4 Å². The highest BCUT2D eigenvalue weighted by atomic mass is 16.5. The second-order valence-corrected chi connectivity index (χ2v) is 5.99. The lowest BCUT2D eigenvalue weighted by Crippen LogP contribution is -2.47. The van der Waals surface area contributed by atoms with Gasteiger partial charge in [0, 0.05) is 25.4 Å². The van der Waals surface area contributed by atoms with Crippen LogP contribution >= 0.6 is 0 Å². The number of aliphatic hydroxyl groups is 1. The standard InChI is InChI=1S/C16H20N4O4/c1-9-8-20(6-5-12(9)21)16(23)18-11-7-17-10-3-4-13(24-2)19-14(10)15(11)22/h3-4,7,9,12,21H,5-6,8H2,1-2H3,(H,17,22)(H,18,23)/t9-,12+/m0/s1. The van der Waals surface area contributed by atoms with Gasteiger partial charge in [-0.3, -0.25) is 4.79 Å². The van der Waals surface area contributed by atoms with Gasteiger partial charge in [0.15, 0.2) is 0 Å². The average molecular weight is 332 g/mol. The second kappa shape index (κ2) is 6.48. The van der Waals surface area contributed by atoms with E-state index >= 15 is 0 Å². The summed E-state index contributed by atoms with van der Waals surface area (Å²) in [6.07, 6.45) is 1.59. The van der Waals surface area contributed by atoms with Crippen molar-refractivity contribution in [1.29, 1.82) is 0 Å². The normalized spacial score (nSPS) is 20.9. The van der Waals surface area contributed by atoms with Crippen LogP contribution in [-0.4, -0.2) is 52.3 Å². The van der Waals surface area contributed by atoms with Gasteiger partial charge in [0.05, 0.1) is 18.7 Å². The van der Waals surface area contributed by atoms with Crippen LogP contribution in [0, 0.1) is 5.92 Å². The van der Waals surface area contributed by atoms with E-state index in [4.69, 9.17) is 4.74 Å². The fraction of sp³-hybridized carbons (Fsp3) is 0.438. The van der Waals surface area contributed by atoms with E-state index in [1.165, 1.54) is 13.3 Å². The zero-order chi connectivity index (χ0) is 17.3. The number of pyridine rings is 2. The van der Waals surface area contributed by atoms with Crippen LogP contribution in [0.5, 0.6) is 5.88 Å². The maximum atomic E-state index is 12.5. The number of amides is 2. The van der Waals surface area contributed by atoms with E-state index in [2.05, 4.69) is 15.3 Å². The molecule has 1 saturated heterocycles. The number of nitrogens with one attached hydrogen (secondary N) is 2. The molecule has 8 nitrogen and oxygen atoms in total. The fourth-order valence-electron chi connectivity index (χ4n) is 2.79. The summed E-state index contributed by atoms with van der Waals surface area (Å²) < 4.78 is 5.03. The summed E-state index contributed by atoms with van der Waals surface area (Å²) in [5.41, 5.74) is 0.524. The molecular formula is C16H20N4O4. The number of urea groups is 1. The number of fused-ring (bicyclic) bond motifs is 1. The molecule has 128 valence electrons. The summed E-state index contributed by atoms with van der Waals surface area (Å²) >= 11 is 0. The first-order chi connectivity index (χ1) is 11.5. The van der Waals surface area contributed by atoms with E-state index in [0.717, 1.165) is 0 Å². The molecule has 1 aliphatic rings. The van der Waals surface area contributed by atoms with Gasteiger partial charge in [-0.2, -0.15) is 0 Å². The van der Waals surface area contributed by atoms with Crippen molar-refractivity contribution in [3.63, 3.8) is 0 Å². The zero-order valence-electron chi connectivity index (χ0n) is 13.6. The molecule has 1 fully saturated rings. The van der Waals surface area contributed by atoms with Gasteiger partial charge in [-0.25, -0.2) is 9.78 Å². The Morgan fingerprint density at radius 3 is 3.00 bits per heavy atom. The summed E-state index contributed by atoms with van der Waals surface area (Å²) in [7, 11) is 1.47. The minimum Gasteiger partial charge on any atom is -0.481 e. The number of rotatable bonds is 2. The lowest BCUT2D eigenvalue weighted by Gasteiger charge is -2.34. The van der Waals surface area contributed by atoms with Crippen LogP contribution in [0.1, 0.15) is 13.3 Å². The number of hydrogen-bond acceptors (Lipinski definition) is 5. The lowest BCUT2D eigenvalue weighted by molar-refractivity contribution is 0.0506. The number of aliphatic hydroxyl groups excluding tert-OH is 1. The highest BCUT2D eigenvalue weighted by Gasteiger charge is 2.27. The molecule has 2 aromatic heterocycles. The van der Waals surface area contributed by atoms with Gasteiger partial charge in [-0.05, 0) is 18.4 Å². The van der Waals surface area contributed by atoms with Crippen molar-refractivity contribution in [2.75, 3.05) is 25.5 Å². The summed E-state index contributed by atoms with van der Waals surface area (Å²) in [6.45, 7) is 2.79. The molecule has 0 saturated carbocycles. The zero-order valence-corrected chi connectivity index (χ0v) is 13.6. The van der Waals surface area contributed by atoms with Gasteiger partial charge in [-0.1, -0.05) is 6.92 Å². The Morgan fingerprint density at radius 1 is 1.50 bits per heavy atom.